The zero-order chi connectivity index (χ0) is 24.9. The Bertz CT molecular complexity index is 1300. The quantitative estimate of drug-likeness (QED) is 0.260. The molecule has 0 spiro atoms. The van der Waals surface area contributed by atoms with Crippen LogP contribution in [0.25, 0.3) is 6.08 Å². The number of nitrogens with zero attached hydrogens (tertiary/aromatic N) is 1. The van der Waals surface area contributed by atoms with Gasteiger partial charge in [-0.1, -0.05) is 51.8 Å². The van der Waals surface area contributed by atoms with E-state index in [1.807, 2.05) is 18.2 Å². The van der Waals surface area contributed by atoms with Gasteiger partial charge < -0.3 is 10.1 Å². The summed E-state index contributed by atoms with van der Waals surface area (Å²) in [5.41, 5.74) is 0.933. The Hall–Kier alpha value is -3.28. The molecule has 0 saturated carbocycles. The van der Waals surface area contributed by atoms with Crippen LogP contribution in [0.1, 0.15) is 22.3 Å². The molecule has 3 rings (SSSR count). The van der Waals surface area contributed by atoms with Gasteiger partial charge in [-0.3, -0.25) is 4.79 Å². The summed E-state index contributed by atoms with van der Waals surface area (Å²) >= 11 is 9.78. The molecule has 0 radical (unpaired) electrons. The highest BCUT2D eigenvalue weighted by Crippen LogP contribution is 2.34. The van der Waals surface area contributed by atoms with E-state index in [1.165, 1.54) is 25.3 Å². The molecule has 4 nitrogen and oxygen atoms in total. The zero-order valence-corrected chi connectivity index (χ0v) is 20.1. The van der Waals surface area contributed by atoms with Crippen LogP contribution in [0, 0.1) is 11.3 Å². The number of anilines is 1. The number of nitrogens with one attached hydrogen (secondary N) is 1. The van der Waals surface area contributed by atoms with E-state index in [2.05, 4.69) is 21.2 Å². The third kappa shape index (κ3) is 6.19. The van der Waals surface area contributed by atoms with Crippen LogP contribution >= 0.6 is 27.5 Å². The Balaban J connectivity index is 1.88. The summed E-state index contributed by atoms with van der Waals surface area (Å²) in [6.45, 7) is 0. The molecule has 9 heteroatoms. The van der Waals surface area contributed by atoms with Gasteiger partial charge in [0.2, 0.25) is 0 Å². The van der Waals surface area contributed by atoms with Gasteiger partial charge in [-0.25, -0.2) is 0 Å². The Labute approximate surface area is 207 Å². The number of halogens is 5. The first kappa shape index (κ1) is 25.3. The molecule has 1 N–H and O–H groups in total. The number of nitriles is 1. The molecule has 3 aromatic rings. The number of rotatable bonds is 6. The van der Waals surface area contributed by atoms with Crippen LogP contribution in [0.15, 0.2) is 70.7 Å². The summed E-state index contributed by atoms with van der Waals surface area (Å²) in [7, 11) is 1.50. The van der Waals surface area contributed by atoms with Gasteiger partial charge in [-0.2, -0.15) is 18.4 Å². The molecule has 0 aliphatic heterocycles. The molecule has 1 amide bonds. The van der Waals surface area contributed by atoms with E-state index >= 15 is 0 Å². The SMILES string of the molecule is COc1cc(/C=C(\C#N)C(=O)Nc2cccc(C(F)(F)F)c2)cc(Br)c1Cc1ccccc1Cl. The van der Waals surface area contributed by atoms with Crippen molar-refractivity contribution in [1.82, 2.24) is 0 Å². The van der Waals surface area contributed by atoms with Crippen LogP contribution < -0.4 is 10.1 Å². The summed E-state index contributed by atoms with van der Waals surface area (Å²) in [5.74, 6) is -0.326. The van der Waals surface area contributed by atoms with E-state index in [4.69, 9.17) is 16.3 Å². The van der Waals surface area contributed by atoms with E-state index in [9.17, 15) is 23.2 Å². The van der Waals surface area contributed by atoms with E-state index in [0.717, 1.165) is 23.3 Å². The molecule has 0 aromatic heterocycles. The second-order valence-electron chi connectivity index (χ2n) is 7.15. The van der Waals surface area contributed by atoms with Gasteiger partial charge >= 0.3 is 6.18 Å². The van der Waals surface area contributed by atoms with Crippen molar-refractivity contribution in [3.8, 4) is 11.8 Å². The number of amides is 1. The number of hydrogen-bond donors (Lipinski definition) is 1. The number of ether oxygens (including phenoxy) is 1. The van der Waals surface area contributed by atoms with E-state index < -0.39 is 17.6 Å². The van der Waals surface area contributed by atoms with Crippen LogP contribution in [0.3, 0.4) is 0 Å². The fourth-order valence-electron chi connectivity index (χ4n) is 3.19. The van der Waals surface area contributed by atoms with E-state index in [1.54, 1.807) is 24.3 Å². The largest absolute Gasteiger partial charge is 0.496 e. The van der Waals surface area contributed by atoms with Gasteiger partial charge in [0.25, 0.3) is 5.91 Å². The first-order valence-corrected chi connectivity index (χ1v) is 11.0. The maximum absolute atomic E-state index is 12.9. The van der Waals surface area contributed by atoms with Crippen molar-refractivity contribution >= 4 is 45.2 Å². The molecule has 0 saturated heterocycles. The molecule has 0 aliphatic carbocycles. The highest BCUT2D eigenvalue weighted by molar-refractivity contribution is 9.10. The van der Waals surface area contributed by atoms with Gasteiger partial charge in [-0.05, 0) is 53.6 Å². The van der Waals surface area contributed by atoms with Crippen molar-refractivity contribution < 1.29 is 22.7 Å². The average Bonchev–Trinajstić information content (AvgIpc) is 2.79. The molecule has 0 fully saturated rings. The van der Waals surface area contributed by atoms with Gasteiger partial charge in [0.15, 0.2) is 0 Å². The van der Waals surface area contributed by atoms with Crippen molar-refractivity contribution in [2.45, 2.75) is 12.6 Å². The van der Waals surface area contributed by atoms with E-state index in [-0.39, 0.29) is 11.3 Å². The predicted octanol–water partition coefficient (Wildman–Crippen LogP) is 7.27. The Morgan fingerprint density at radius 1 is 1.18 bits per heavy atom. The standard InChI is InChI=1S/C25H17BrClF3N2O2/c1-34-23-11-15(10-21(26)20(23)12-16-5-2-3-8-22(16)27)9-17(14-31)24(33)32-19-7-4-6-18(13-19)25(28,29)30/h2-11,13H,12H2,1H3,(H,32,33)/b17-9+. The highest BCUT2D eigenvalue weighted by Gasteiger charge is 2.30. The summed E-state index contributed by atoms with van der Waals surface area (Å²) in [6, 6.07) is 16.7. The average molecular weight is 550 g/mol. The highest BCUT2D eigenvalue weighted by atomic mass is 79.9. The second kappa shape index (κ2) is 10.8. The second-order valence-corrected chi connectivity index (χ2v) is 8.42. The van der Waals surface area contributed by atoms with Crippen LogP contribution in [-0.4, -0.2) is 13.0 Å². The van der Waals surface area contributed by atoms with Crippen molar-refractivity contribution in [2.24, 2.45) is 0 Å². The van der Waals surface area contributed by atoms with Gasteiger partial charge in [0.05, 0.1) is 12.7 Å². The maximum Gasteiger partial charge on any atom is 0.416 e. The molecular formula is C25H17BrClF3N2O2. The van der Waals surface area contributed by atoms with Crippen LogP contribution in [0.4, 0.5) is 18.9 Å². The summed E-state index contributed by atoms with van der Waals surface area (Å²) in [5, 5.41) is 12.4. The lowest BCUT2D eigenvalue weighted by Gasteiger charge is -2.13. The number of alkyl halides is 3. The molecule has 0 heterocycles. The van der Waals surface area contributed by atoms with Crippen LogP contribution in [0.2, 0.25) is 5.02 Å². The summed E-state index contributed by atoms with van der Waals surface area (Å²) in [4.78, 5) is 12.6. The minimum atomic E-state index is -4.55. The molecule has 34 heavy (non-hydrogen) atoms. The van der Waals surface area contributed by atoms with Crippen LogP contribution in [-0.2, 0) is 17.4 Å². The van der Waals surface area contributed by atoms with Crippen LogP contribution in [0.5, 0.6) is 5.75 Å². The molecule has 0 unspecified atom stereocenters. The van der Waals surface area contributed by atoms with Gasteiger partial charge in [0.1, 0.15) is 17.4 Å². The number of methoxy groups -OCH3 is 1. The Kier molecular flexibility index (Phi) is 8.02. The fraction of sp³-hybridized carbons (Fsp3) is 0.120. The van der Waals surface area contributed by atoms with Crippen molar-refractivity contribution in [3.63, 3.8) is 0 Å². The molecule has 0 bridgehead atoms. The number of carbonyl (C=O) groups is 1. The third-order valence-corrected chi connectivity index (χ3v) is 5.92. The zero-order valence-electron chi connectivity index (χ0n) is 17.7. The van der Waals surface area contributed by atoms with Crippen molar-refractivity contribution in [1.29, 1.82) is 5.26 Å². The molecule has 0 atom stereocenters. The minimum Gasteiger partial charge on any atom is -0.496 e. The Morgan fingerprint density at radius 3 is 2.56 bits per heavy atom. The third-order valence-electron chi connectivity index (χ3n) is 4.85. The summed E-state index contributed by atoms with van der Waals surface area (Å²) < 4.78 is 44.9. The first-order chi connectivity index (χ1) is 16.1. The molecule has 0 aliphatic rings. The molecule has 174 valence electrons. The van der Waals surface area contributed by atoms with Gasteiger partial charge in [-0.15, -0.1) is 0 Å². The maximum atomic E-state index is 12.9. The molecule has 3 aromatic carbocycles. The van der Waals surface area contributed by atoms with E-state index in [0.29, 0.717) is 27.2 Å². The van der Waals surface area contributed by atoms with Gasteiger partial charge in [0, 0.05) is 27.2 Å². The predicted molar refractivity (Wildman–Crippen MR) is 129 cm³/mol. The smallest absolute Gasteiger partial charge is 0.416 e. The summed E-state index contributed by atoms with van der Waals surface area (Å²) in [6.07, 6.45) is -2.74. The minimum absolute atomic E-state index is 0.0742. The number of benzene rings is 3. The monoisotopic (exact) mass is 548 g/mol. The van der Waals surface area contributed by atoms with Crippen molar-refractivity contribution in [2.75, 3.05) is 12.4 Å². The number of carbonyl (C=O) groups excluding carboxylic acids is 1. The Morgan fingerprint density at radius 2 is 1.91 bits per heavy atom. The number of hydrogen-bond acceptors (Lipinski definition) is 3. The topological polar surface area (TPSA) is 62.1 Å². The fourth-order valence-corrected chi connectivity index (χ4v) is 3.99. The molecular weight excluding hydrogens is 533 g/mol. The van der Waals surface area contributed by atoms with Crippen molar-refractivity contribution in [3.05, 3.63) is 98.0 Å². The lowest BCUT2D eigenvalue weighted by Crippen LogP contribution is -2.14. The first-order valence-electron chi connectivity index (χ1n) is 9.82. The normalized spacial score (nSPS) is 11.6. The lowest BCUT2D eigenvalue weighted by molar-refractivity contribution is -0.137. The lowest BCUT2D eigenvalue weighted by atomic mass is 10.0.